The second kappa shape index (κ2) is 7.67. The van der Waals surface area contributed by atoms with E-state index in [-0.39, 0.29) is 16.7 Å². The lowest BCUT2D eigenvalue weighted by atomic mass is 9.86. The number of halogens is 3. The van der Waals surface area contributed by atoms with E-state index in [1.807, 2.05) is 12.1 Å². The Morgan fingerprint density at radius 3 is 2.19 bits per heavy atom. The lowest BCUT2D eigenvalue weighted by Crippen LogP contribution is -2.14. The highest BCUT2D eigenvalue weighted by Crippen LogP contribution is 2.30. The largest absolute Gasteiger partial charge is 0.416 e. The average Bonchev–Trinajstić information content (AvgIpc) is 2.58. The summed E-state index contributed by atoms with van der Waals surface area (Å²) in [4.78, 5) is 12.3. The topological polar surface area (TPSA) is 52.9 Å². The lowest BCUT2D eigenvalue weighted by Gasteiger charge is -2.18. The molecule has 0 fully saturated rings. The maximum absolute atomic E-state index is 12.8. The molecule has 0 heterocycles. The average molecular weight is 372 g/mol. The molecule has 0 saturated heterocycles. The summed E-state index contributed by atoms with van der Waals surface area (Å²) in [6.45, 7) is 6.21. The first-order chi connectivity index (χ1) is 12.5. The van der Waals surface area contributed by atoms with Crippen molar-refractivity contribution >= 4 is 17.7 Å². The van der Waals surface area contributed by atoms with E-state index in [1.54, 1.807) is 18.2 Å². The fourth-order valence-electron chi connectivity index (χ4n) is 2.37. The van der Waals surface area contributed by atoms with Crippen LogP contribution in [-0.4, -0.2) is 5.91 Å². The van der Waals surface area contributed by atoms with Gasteiger partial charge in [0.15, 0.2) is 0 Å². The van der Waals surface area contributed by atoms with Crippen LogP contribution in [0.25, 0.3) is 6.08 Å². The van der Waals surface area contributed by atoms with E-state index >= 15 is 0 Å². The van der Waals surface area contributed by atoms with Gasteiger partial charge in [0, 0.05) is 5.69 Å². The number of hydrogen-bond acceptors (Lipinski definition) is 2. The highest BCUT2D eigenvalue weighted by atomic mass is 19.4. The summed E-state index contributed by atoms with van der Waals surface area (Å²) < 4.78 is 38.3. The summed E-state index contributed by atoms with van der Waals surface area (Å²) in [5.41, 5.74) is 0.627. The van der Waals surface area contributed by atoms with Crippen LogP contribution in [0.15, 0.2) is 54.1 Å². The number of nitriles is 1. The molecule has 0 atom stereocenters. The third-order valence-electron chi connectivity index (χ3n) is 3.90. The van der Waals surface area contributed by atoms with Gasteiger partial charge in [-0.25, -0.2) is 0 Å². The predicted octanol–water partition coefficient (Wildman–Crippen LogP) is 5.55. The molecular weight excluding hydrogens is 353 g/mol. The van der Waals surface area contributed by atoms with Crippen LogP contribution in [0.1, 0.15) is 37.5 Å². The summed E-state index contributed by atoms with van der Waals surface area (Å²) in [5.74, 6) is -0.767. The van der Waals surface area contributed by atoms with Crippen LogP contribution in [0.2, 0.25) is 0 Å². The number of anilines is 1. The molecule has 27 heavy (non-hydrogen) atoms. The molecule has 0 aromatic heterocycles. The SMILES string of the molecule is CC(C)(C)c1ccc(/C=C(/C#N)C(=O)Nc2cccc(C(F)(F)F)c2)cc1. The van der Waals surface area contributed by atoms with Crippen LogP contribution in [0.5, 0.6) is 0 Å². The van der Waals surface area contributed by atoms with Crippen LogP contribution < -0.4 is 5.32 Å². The summed E-state index contributed by atoms with van der Waals surface area (Å²) >= 11 is 0. The van der Waals surface area contributed by atoms with Crippen molar-refractivity contribution in [2.45, 2.75) is 32.4 Å². The molecule has 2 rings (SSSR count). The van der Waals surface area contributed by atoms with E-state index in [1.165, 1.54) is 18.2 Å². The molecule has 1 amide bonds. The molecule has 140 valence electrons. The summed E-state index contributed by atoms with van der Waals surface area (Å²) in [5, 5.41) is 11.6. The predicted molar refractivity (Wildman–Crippen MR) is 98.8 cm³/mol. The van der Waals surface area contributed by atoms with E-state index in [2.05, 4.69) is 26.1 Å². The van der Waals surface area contributed by atoms with Crippen molar-refractivity contribution < 1.29 is 18.0 Å². The fraction of sp³-hybridized carbons (Fsp3) is 0.238. The first kappa shape index (κ1) is 20.2. The number of hydrogen-bond donors (Lipinski definition) is 1. The number of alkyl halides is 3. The molecule has 3 nitrogen and oxygen atoms in total. The second-order valence-corrected chi connectivity index (χ2v) is 7.07. The fourth-order valence-corrected chi connectivity index (χ4v) is 2.37. The Hall–Kier alpha value is -3.07. The molecular formula is C21H19F3N2O. The van der Waals surface area contributed by atoms with Gasteiger partial charge >= 0.3 is 6.18 Å². The molecule has 0 saturated carbocycles. The Bertz CT molecular complexity index is 899. The van der Waals surface area contributed by atoms with Crippen LogP contribution in [0.4, 0.5) is 18.9 Å². The summed E-state index contributed by atoms with van der Waals surface area (Å²) in [7, 11) is 0. The second-order valence-electron chi connectivity index (χ2n) is 7.07. The first-order valence-electron chi connectivity index (χ1n) is 8.21. The smallest absolute Gasteiger partial charge is 0.321 e. The van der Waals surface area contributed by atoms with E-state index in [4.69, 9.17) is 0 Å². The number of nitrogens with one attached hydrogen (secondary N) is 1. The number of benzene rings is 2. The van der Waals surface area contributed by atoms with Crippen molar-refractivity contribution in [2.75, 3.05) is 5.32 Å². The number of amides is 1. The zero-order chi connectivity index (χ0) is 20.2. The van der Waals surface area contributed by atoms with E-state index in [9.17, 15) is 23.2 Å². The van der Waals surface area contributed by atoms with Gasteiger partial charge in [0.25, 0.3) is 5.91 Å². The van der Waals surface area contributed by atoms with Gasteiger partial charge < -0.3 is 5.32 Å². The number of carbonyl (C=O) groups excluding carboxylic acids is 1. The molecule has 0 unspecified atom stereocenters. The maximum atomic E-state index is 12.8. The molecule has 0 aliphatic heterocycles. The number of carbonyl (C=O) groups is 1. The standard InChI is InChI=1S/C21H19F3N2O/c1-20(2,3)16-9-7-14(8-10-16)11-15(13-25)19(27)26-18-6-4-5-17(12-18)21(22,23)24/h4-12H,1-3H3,(H,26,27)/b15-11-. The molecule has 2 aromatic carbocycles. The minimum atomic E-state index is -4.51. The van der Waals surface area contributed by atoms with E-state index in [0.717, 1.165) is 17.7 Å². The molecule has 0 aliphatic carbocycles. The highest BCUT2D eigenvalue weighted by molar-refractivity contribution is 6.09. The zero-order valence-corrected chi connectivity index (χ0v) is 15.2. The van der Waals surface area contributed by atoms with Gasteiger partial charge in [-0.1, -0.05) is 51.1 Å². The maximum Gasteiger partial charge on any atom is 0.416 e. The lowest BCUT2D eigenvalue weighted by molar-refractivity contribution is -0.137. The molecule has 6 heteroatoms. The zero-order valence-electron chi connectivity index (χ0n) is 15.2. The number of rotatable bonds is 3. The Morgan fingerprint density at radius 2 is 1.67 bits per heavy atom. The summed E-state index contributed by atoms with van der Waals surface area (Å²) in [6.07, 6.45) is -3.11. The van der Waals surface area contributed by atoms with Gasteiger partial charge in [-0.05, 0) is 40.8 Å². The van der Waals surface area contributed by atoms with Gasteiger partial charge in [0.2, 0.25) is 0 Å². The van der Waals surface area contributed by atoms with Crippen LogP contribution in [0.3, 0.4) is 0 Å². The van der Waals surface area contributed by atoms with Crippen molar-refractivity contribution in [1.29, 1.82) is 5.26 Å². The minimum Gasteiger partial charge on any atom is -0.321 e. The van der Waals surface area contributed by atoms with Gasteiger partial charge in [0.05, 0.1) is 5.56 Å². The van der Waals surface area contributed by atoms with Gasteiger partial charge in [0.1, 0.15) is 11.6 Å². The minimum absolute atomic E-state index is 0.0266. The quantitative estimate of drug-likeness (QED) is 0.567. The monoisotopic (exact) mass is 372 g/mol. The highest BCUT2D eigenvalue weighted by Gasteiger charge is 2.30. The Labute approximate surface area is 156 Å². The molecule has 1 N–H and O–H groups in total. The van der Waals surface area contributed by atoms with Gasteiger partial charge in [-0.15, -0.1) is 0 Å². The van der Waals surface area contributed by atoms with Crippen molar-refractivity contribution in [3.63, 3.8) is 0 Å². The molecule has 0 radical (unpaired) electrons. The first-order valence-corrected chi connectivity index (χ1v) is 8.21. The third kappa shape index (κ3) is 5.45. The van der Waals surface area contributed by atoms with Gasteiger partial charge in [-0.3, -0.25) is 4.79 Å². The Morgan fingerprint density at radius 1 is 1.04 bits per heavy atom. The van der Waals surface area contributed by atoms with E-state index < -0.39 is 17.6 Å². The number of nitrogens with zero attached hydrogens (tertiary/aromatic N) is 1. The van der Waals surface area contributed by atoms with Crippen molar-refractivity contribution in [3.8, 4) is 6.07 Å². The molecule has 0 aliphatic rings. The van der Waals surface area contributed by atoms with Crippen molar-refractivity contribution in [2.24, 2.45) is 0 Å². The third-order valence-corrected chi connectivity index (χ3v) is 3.90. The van der Waals surface area contributed by atoms with Gasteiger partial charge in [-0.2, -0.15) is 18.4 Å². The Kier molecular flexibility index (Phi) is 5.75. The van der Waals surface area contributed by atoms with Crippen LogP contribution in [-0.2, 0) is 16.4 Å². The molecule has 2 aromatic rings. The van der Waals surface area contributed by atoms with Crippen LogP contribution >= 0.6 is 0 Å². The summed E-state index contributed by atoms with van der Waals surface area (Å²) in [6, 6.07) is 13.4. The Balaban J connectivity index is 2.21. The molecule has 0 bridgehead atoms. The normalized spacial score (nSPS) is 12.4. The van der Waals surface area contributed by atoms with E-state index in [0.29, 0.717) is 5.56 Å². The van der Waals surface area contributed by atoms with Crippen LogP contribution in [0, 0.1) is 11.3 Å². The molecule has 0 spiro atoms. The van der Waals surface area contributed by atoms with Crippen molar-refractivity contribution in [3.05, 3.63) is 70.8 Å². The van der Waals surface area contributed by atoms with Crippen molar-refractivity contribution in [1.82, 2.24) is 0 Å².